The molecule has 8 nitrogen and oxygen atoms in total. The monoisotopic (exact) mass is 451 g/mol. The summed E-state index contributed by atoms with van der Waals surface area (Å²) in [7, 11) is 1.58. The lowest BCUT2D eigenvalue weighted by Crippen LogP contribution is -2.50. The number of nitrogens with zero attached hydrogens (tertiary/aromatic N) is 4. The zero-order valence-electron chi connectivity index (χ0n) is 20.0. The molecule has 0 fully saturated rings. The lowest BCUT2D eigenvalue weighted by atomic mass is 9.99. The van der Waals surface area contributed by atoms with Crippen molar-refractivity contribution in [3.8, 4) is 0 Å². The van der Waals surface area contributed by atoms with Gasteiger partial charge >= 0.3 is 0 Å². The minimum absolute atomic E-state index is 0.0312. The molecule has 0 spiro atoms. The van der Waals surface area contributed by atoms with E-state index in [2.05, 4.69) is 22.6 Å². The van der Waals surface area contributed by atoms with Crippen molar-refractivity contribution in [2.75, 3.05) is 20.3 Å². The number of fused-ring (bicyclic) bond motifs is 1. The van der Waals surface area contributed by atoms with E-state index in [9.17, 15) is 9.59 Å². The van der Waals surface area contributed by atoms with Gasteiger partial charge < -0.3 is 15.0 Å². The Labute approximate surface area is 194 Å². The van der Waals surface area contributed by atoms with Crippen molar-refractivity contribution in [3.63, 3.8) is 0 Å². The Balaban J connectivity index is 1.98. The van der Waals surface area contributed by atoms with Gasteiger partial charge in [-0.25, -0.2) is 4.68 Å². The molecule has 0 radical (unpaired) electrons. The van der Waals surface area contributed by atoms with Crippen LogP contribution in [0.5, 0.6) is 0 Å². The van der Waals surface area contributed by atoms with Crippen LogP contribution in [-0.2, 0) is 27.3 Å². The van der Waals surface area contributed by atoms with Crippen LogP contribution in [-0.4, -0.2) is 57.5 Å². The Hall–Kier alpha value is -3.26. The number of benzene rings is 2. The minimum atomic E-state index is -0.799. The normalized spacial score (nSPS) is 12.5. The van der Waals surface area contributed by atoms with Gasteiger partial charge in [0.1, 0.15) is 18.1 Å². The van der Waals surface area contributed by atoms with Gasteiger partial charge in [0.05, 0.1) is 12.1 Å². The molecule has 1 N–H and O–H groups in total. The molecule has 8 heteroatoms. The number of aromatic nitrogens is 3. The van der Waals surface area contributed by atoms with E-state index < -0.39 is 11.6 Å². The smallest absolute Gasteiger partial charge is 0.247 e. The van der Waals surface area contributed by atoms with Crippen LogP contribution in [0, 0.1) is 0 Å². The van der Waals surface area contributed by atoms with E-state index in [-0.39, 0.29) is 24.9 Å². The van der Waals surface area contributed by atoms with Gasteiger partial charge in [-0.1, -0.05) is 48.5 Å². The summed E-state index contributed by atoms with van der Waals surface area (Å²) >= 11 is 0. The van der Waals surface area contributed by atoms with Crippen molar-refractivity contribution in [1.29, 1.82) is 0 Å². The quantitative estimate of drug-likeness (QED) is 0.540. The second kappa shape index (κ2) is 10.6. The van der Waals surface area contributed by atoms with Crippen LogP contribution < -0.4 is 5.32 Å². The summed E-state index contributed by atoms with van der Waals surface area (Å²) in [5, 5.41) is 11.3. The summed E-state index contributed by atoms with van der Waals surface area (Å²) in [5.74, 6) is -0.476. The van der Waals surface area contributed by atoms with Crippen molar-refractivity contribution in [2.24, 2.45) is 0 Å². The molecule has 0 aliphatic heterocycles. The Morgan fingerprint density at radius 1 is 1.12 bits per heavy atom. The topological polar surface area (TPSA) is 89.4 Å². The third kappa shape index (κ3) is 6.16. The number of aryl methyl sites for hydroxylation is 1. The van der Waals surface area contributed by atoms with Crippen molar-refractivity contribution in [2.45, 2.75) is 52.2 Å². The molecule has 0 saturated heterocycles. The van der Waals surface area contributed by atoms with Gasteiger partial charge in [0, 0.05) is 19.2 Å². The number of amides is 2. The lowest BCUT2D eigenvalue weighted by molar-refractivity contribution is -0.142. The van der Waals surface area contributed by atoms with Crippen LogP contribution >= 0.6 is 0 Å². The number of methoxy groups -OCH3 is 1. The fourth-order valence-corrected chi connectivity index (χ4v) is 3.69. The molecule has 2 aromatic carbocycles. The number of ether oxygens (including phenoxy) is 1. The molecule has 0 unspecified atom stereocenters. The summed E-state index contributed by atoms with van der Waals surface area (Å²) in [5.41, 5.74) is 2.95. The van der Waals surface area contributed by atoms with Crippen molar-refractivity contribution < 1.29 is 14.3 Å². The number of carbonyl (C=O) groups excluding carboxylic acids is 2. The van der Waals surface area contributed by atoms with Crippen molar-refractivity contribution in [3.05, 3.63) is 59.7 Å². The van der Waals surface area contributed by atoms with Gasteiger partial charge in [-0.05, 0) is 50.5 Å². The maximum Gasteiger partial charge on any atom is 0.247 e. The highest BCUT2D eigenvalue weighted by molar-refractivity contribution is 5.89. The van der Waals surface area contributed by atoms with Crippen molar-refractivity contribution in [1.82, 2.24) is 25.2 Å². The molecule has 3 rings (SSSR count). The molecule has 0 aliphatic rings. The first-order valence-electron chi connectivity index (χ1n) is 11.2. The van der Waals surface area contributed by atoms with E-state index in [1.54, 1.807) is 16.7 Å². The number of hydrogen-bond acceptors (Lipinski definition) is 5. The van der Waals surface area contributed by atoms with E-state index in [0.29, 0.717) is 12.1 Å². The van der Waals surface area contributed by atoms with Gasteiger partial charge in [0.15, 0.2) is 0 Å². The van der Waals surface area contributed by atoms with Crippen molar-refractivity contribution >= 4 is 22.8 Å². The molecular formula is C25H33N5O3. The van der Waals surface area contributed by atoms with E-state index in [1.165, 1.54) is 0 Å². The lowest BCUT2D eigenvalue weighted by Gasteiger charge is -2.33. The molecular weight excluding hydrogens is 418 g/mol. The molecule has 2 amide bonds. The first-order valence-corrected chi connectivity index (χ1v) is 11.2. The Kier molecular flexibility index (Phi) is 7.81. The summed E-state index contributed by atoms with van der Waals surface area (Å²) in [6.45, 7) is 8.38. The highest BCUT2D eigenvalue weighted by atomic mass is 16.5. The molecule has 1 aromatic heterocycles. The number of rotatable bonds is 9. The SMILES string of the molecule is CCc1ccc([C@@H](C(=O)NC(C)(C)C)N(CCOC)C(=O)Cn2nnc3ccccc32)cc1. The minimum Gasteiger partial charge on any atom is -0.383 e. The molecule has 0 saturated carbocycles. The van der Waals surface area contributed by atoms with Crippen LogP contribution in [0.25, 0.3) is 11.0 Å². The fourth-order valence-electron chi connectivity index (χ4n) is 3.69. The predicted molar refractivity (Wildman–Crippen MR) is 128 cm³/mol. The maximum atomic E-state index is 13.6. The Morgan fingerprint density at radius 2 is 1.82 bits per heavy atom. The van der Waals surface area contributed by atoms with Crippen LogP contribution in [0.15, 0.2) is 48.5 Å². The van der Waals surface area contributed by atoms with Crippen LogP contribution in [0.4, 0.5) is 0 Å². The Bertz CT molecular complexity index is 1090. The van der Waals surface area contributed by atoms with Crippen LogP contribution in [0.1, 0.15) is 44.9 Å². The van der Waals surface area contributed by atoms with Gasteiger partial charge in [0.25, 0.3) is 0 Å². The molecule has 1 atom stereocenters. The highest BCUT2D eigenvalue weighted by Gasteiger charge is 2.33. The van der Waals surface area contributed by atoms with Gasteiger partial charge in [-0.3, -0.25) is 9.59 Å². The van der Waals surface area contributed by atoms with Gasteiger partial charge in [-0.2, -0.15) is 0 Å². The fraction of sp³-hybridized carbons (Fsp3) is 0.440. The molecule has 1 heterocycles. The van der Waals surface area contributed by atoms with E-state index >= 15 is 0 Å². The molecule has 33 heavy (non-hydrogen) atoms. The van der Waals surface area contributed by atoms with E-state index in [1.807, 2.05) is 69.3 Å². The standard InChI is InChI=1S/C25H33N5O3/c1-6-18-11-13-19(14-12-18)23(24(32)26-25(2,3)4)29(15-16-33-5)22(31)17-30-21-10-8-7-9-20(21)27-28-30/h7-14,23H,6,15-17H2,1-5H3,(H,26,32)/t23-/m0/s1. The van der Waals surface area contributed by atoms with E-state index in [0.717, 1.165) is 23.1 Å². The third-order valence-corrected chi connectivity index (χ3v) is 5.32. The third-order valence-electron chi connectivity index (χ3n) is 5.32. The summed E-state index contributed by atoms with van der Waals surface area (Å²) in [6.07, 6.45) is 0.894. The molecule has 176 valence electrons. The number of hydrogen-bond donors (Lipinski definition) is 1. The molecule has 0 aliphatic carbocycles. The maximum absolute atomic E-state index is 13.6. The second-order valence-corrected chi connectivity index (χ2v) is 9.05. The first kappa shape index (κ1) is 24.4. The summed E-state index contributed by atoms with van der Waals surface area (Å²) in [4.78, 5) is 28.6. The average molecular weight is 452 g/mol. The highest BCUT2D eigenvalue weighted by Crippen LogP contribution is 2.24. The first-order chi connectivity index (χ1) is 15.7. The number of carbonyl (C=O) groups is 2. The number of para-hydroxylation sites is 1. The average Bonchev–Trinajstić information content (AvgIpc) is 3.18. The van der Waals surface area contributed by atoms with E-state index in [4.69, 9.17) is 4.74 Å². The summed E-state index contributed by atoms with van der Waals surface area (Å²) in [6, 6.07) is 14.5. The summed E-state index contributed by atoms with van der Waals surface area (Å²) < 4.78 is 6.84. The zero-order chi connectivity index (χ0) is 24.0. The number of nitrogens with one attached hydrogen (secondary N) is 1. The van der Waals surface area contributed by atoms with Gasteiger partial charge in [-0.15, -0.1) is 5.10 Å². The Morgan fingerprint density at radius 3 is 2.45 bits per heavy atom. The van der Waals surface area contributed by atoms with Gasteiger partial charge in [0.2, 0.25) is 11.8 Å². The molecule has 0 bridgehead atoms. The zero-order valence-corrected chi connectivity index (χ0v) is 20.0. The second-order valence-electron chi connectivity index (χ2n) is 9.05. The van der Waals surface area contributed by atoms with Crippen LogP contribution in [0.2, 0.25) is 0 Å². The predicted octanol–water partition coefficient (Wildman–Crippen LogP) is 3.12. The molecule has 3 aromatic rings. The largest absolute Gasteiger partial charge is 0.383 e. The van der Waals surface area contributed by atoms with Crippen LogP contribution in [0.3, 0.4) is 0 Å².